The lowest BCUT2D eigenvalue weighted by Gasteiger charge is -2.12. The second kappa shape index (κ2) is 9.13. The highest BCUT2D eigenvalue weighted by molar-refractivity contribution is 7.11. The Morgan fingerprint density at radius 3 is 2.19 bits per heavy atom. The minimum Gasteiger partial charge on any atom is -0.493 e. The van der Waals surface area contributed by atoms with E-state index < -0.39 is 11.7 Å². The number of thiazole rings is 1. The summed E-state index contributed by atoms with van der Waals surface area (Å²) in [6, 6.07) is 8.84. The average molecular weight is 444 g/mol. The smallest absolute Gasteiger partial charge is 0.279 e. The number of hydrogen-bond donors (Lipinski definition) is 0. The Labute approximate surface area is 182 Å². The van der Waals surface area contributed by atoms with E-state index in [1.807, 2.05) is 0 Å². The summed E-state index contributed by atoms with van der Waals surface area (Å²) in [6.45, 7) is 3.15. The Hall–Kier alpha value is -3.46. The van der Waals surface area contributed by atoms with Gasteiger partial charge in [0.2, 0.25) is 5.75 Å². The molecule has 0 radical (unpaired) electrons. The fraction of sp³-hybridized carbons (Fsp3) is 0.227. The van der Waals surface area contributed by atoms with Crippen molar-refractivity contribution in [3.05, 3.63) is 63.2 Å². The van der Waals surface area contributed by atoms with Gasteiger partial charge in [0, 0.05) is 18.2 Å². The Balaban J connectivity index is 2.21. The maximum Gasteiger partial charge on any atom is 0.279 e. The third-order valence-electron chi connectivity index (χ3n) is 4.54. The van der Waals surface area contributed by atoms with Crippen LogP contribution in [0.2, 0.25) is 0 Å². The van der Waals surface area contributed by atoms with E-state index in [9.17, 15) is 14.0 Å². The Morgan fingerprint density at radius 2 is 1.68 bits per heavy atom. The maximum atomic E-state index is 13.8. The van der Waals surface area contributed by atoms with Crippen LogP contribution in [0.5, 0.6) is 17.2 Å². The van der Waals surface area contributed by atoms with Crippen LogP contribution in [-0.4, -0.2) is 37.6 Å². The van der Waals surface area contributed by atoms with E-state index in [0.717, 1.165) is 11.3 Å². The maximum absolute atomic E-state index is 13.8. The molecule has 162 valence electrons. The van der Waals surface area contributed by atoms with Crippen molar-refractivity contribution < 1.29 is 28.2 Å². The van der Waals surface area contributed by atoms with Gasteiger partial charge in [0.05, 0.1) is 31.9 Å². The molecule has 7 nitrogen and oxygen atoms in total. The van der Waals surface area contributed by atoms with Gasteiger partial charge in [0.15, 0.2) is 22.1 Å². The van der Waals surface area contributed by atoms with Gasteiger partial charge in [-0.1, -0.05) is 17.4 Å². The van der Waals surface area contributed by atoms with Crippen molar-refractivity contribution in [1.29, 1.82) is 0 Å². The molecule has 0 spiro atoms. The number of hydrogen-bond acceptors (Lipinski definition) is 6. The SMILES string of the molecule is COc1cc(C(=O)N=c2sc(C(C)=O)c(C)n2-c2cccc(F)c2)cc(OC)c1OC. The first-order chi connectivity index (χ1) is 14.8. The number of rotatable bonds is 6. The Kier molecular flexibility index (Phi) is 6.55. The van der Waals surface area contributed by atoms with E-state index in [-0.39, 0.29) is 16.1 Å². The number of ether oxygens (including phenoxy) is 3. The first kappa shape index (κ1) is 22.2. The van der Waals surface area contributed by atoms with Gasteiger partial charge in [-0.25, -0.2) is 4.39 Å². The van der Waals surface area contributed by atoms with Gasteiger partial charge in [-0.3, -0.25) is 14.2 Å². The molecule has 2 aromatic carbocycles. The first-order valence-corrected chi connectivity index (χ1v) is 10.0. The summed E-state index contributed by atoms with van der Waals surface area (Å²) in [7, 11) is 4.36. The van der Waals surface area contributed by atoms with Crippen molar-refractivity contribution in [3.8, 4) is 22.9 Å². The number of carbonyl (C=O) groups excluding carboxylic acids is 2. The predicted molar refractivity (Wildman–Crippen MR) is 114 cm³/mol. The van der Waals surface area contributed by atoms with Gasteiger partial charge in [-0.15, -0.1) is 0 Å². The van der Waals surface area contributed by atoms with Crippen LogP contribution in [-0.2, 0) is 0 Å². The molecule has 9 heteroatoms. The number of methoxy groups -OCH3 is 3. The molecule has 0 atom stereocenters. The molecule has 0 bridgehead atoms. The van der Waals surface area contributed by atoms with E-state index in [1.54, 1.807) is 23.6 Å². The molecule has 3 rings (SSSR count). The molecule has 0 fully saturated rings. The highest BCUT2D eigenvalue weighted by Gasteiger charge is 2.19. The van der Waals surface area contributed by atoms with Gasteiger partial charge >= 0.3 is 0 Å². The summed E-state index contributed by atoms with van der Waals surface area (Å²) < 4.78 is 31.3. The summed E-state index contributed by atoms with van der Waals surface area (Å²) in [5, 5.41) is 0. The van der Waals surface area contributed by atoms with Gasteiger partial charge in [0.1, 0.15) is 5.82 Å². The monoisotopic (exact) mass is 444 g/mol. The molecule has 0 saturated heterocycles. The molecule has 0 aliphatic rings. The fourth-order valence-corrected chi connectivity index (χ4v) is 4.16. The molecule has 0 unspecified atom stereocenters. The number of Topliss-reactive ketones (excluding diaryl/α,β-unsaturated/α-hetero) is 1. The highest BCUT2D eigenvalue weighted by Crippen LogP contribution is 2.38. The lowest BCUT2D eigenvalue weighted by Crippen LogP contribution is -2.17. The van der Waals surface area contributed by atoms with Crippen molar-refractivity contribution in [2.24, 2.45) is 4.99 Å². The third-order valence-corrected chi connectivity index (χ3v) is 5.79. The van der Waals surface area contributed by atoms with Crippen LogP contribution in [0, 0.1) is 12.7 Å². The minimum atomic E-state index is -0.583. The second-order valence-corrected chi connectivity index (χ2v) is 7.48. The molecular weight excluding hydrogens is 423 g/mol. The van der Waals surface area contributed by atoms with E-state index in [1.165, 1.54) is 52.5 Å². The van der Waals surface area contributed by atoms with Gasteiger partial charge < -0.3 is 14.2 Å². The lowest BCUT2D eigenvalue weighted by molar-refractivity contribution is 0.0994. The zero-order valence-corrected chi connectivity index (χ0v) is 18.5. The molecule has 0 aliphatic carbocycles. The molecular formula is C22H21FN2O5S. The van der Waals surface area contributed by atoms with Crippen LogP contribution in [0.15, 0.2) is 41.4 Å². The zero-order chi connectivity index (χ0) is 22.7. The molecule has 1 heterocycles. The standard InChI is InChI=1S/C22H21FN2O5S/c1-12-20(13(2)26)31-22(25(12)16-8-6-7-15(23)11-16)24-21(27)14-9-17(28-3)19(30-5)18(10-14)29-4/h6-11H,1-5H3. The normalized spacial score (nSPS) is 11.4. The average Bonchev–Trinajstić information content (AvgIpc) is 3.08. The Bertz CT molecular complexity index is 1200. The molecule has 3 aromatic rings. The van der Waals surface area contributed by atoms with Crippen LogP contribution >= 0.6 is 11.3 Å². The van der Waals surface area contributed by atoms with Crippen LogP contribution in [0.1, 0.15) is 32.6 Å². The van der Waals surface area contributed by atoms with Gasteiger partial charge in [-0.2, -0.15) is 4.99 Å². The summed E-state index contributed by atoms with van der Waals surface area (Å²) >= 11 is 1.06. The quantitative estimate of drug-likeness (QED) is 0.538. The number of nitrogens with zero attached hydrogens (tertiary/aromatic N) is 2. The van der Waals surface area contributed by atoms with Crippen molar-refractivity contribution in [1.82, 2.24) is 4.57 Å². The molecule has 1 aromatic heterocycles. The number of benzene rings is 2. The van der Waals surface area contributed by atoms with Crippen molar-refractivity contribution in [2.75, 3.05) is 21.3 Å². The molecule has 31 heavy (non-hydrogen) atoms. The van der Waals surface area contributed by atoms with Crippen molar-refractivity contribution in [2.45, 2.75) is 13.8 Å². The topological polar surface area (TPSA) is 79.1 Å². The van der Waals surface area contributed by atoms with Crippen LogP contribution < -0.4 is 19.0 Å². The van der Waals surface area contributed by atoms with Crippen LogP contribution in [0.3, 0.4) is 0 Å². The summed E-state index contributed by atoms with van der Waals surface area (Å²) in [6.07, 6.45) is 0. The molecule has 0 aliphatic heterocycles. The van der Waals surface area contributed by atoms with E-state index >= 15 is 0 Å². The number of amides is 1. The fourth-order valence-electron chi connectivity index (χ4n) is 3.13. The minimum absolute atomic E-state index is 0.172. The number of carbonyl (C=O) groups is 2. The summed E-state index contributed by atoms with van der Waals surface area (Å²) in [4.78, 5) is 30.0. The van der Waals surface area contributed by atoms with E-state index in [2.05, 4.69) is 4.99 Å². The number of aromatic nitrogens is 1. The largest absolute Gasteiger partial charge is 0.493 e. The lowest BCUT2D eigenvalue weighted by atomic mass is 10.1. The number of ketones is 1. The van der Waals surface area contributed by atoms with Crippen LogP contribution in [0.4, 0.5) is 4.39 Å². The van der Waals surface area contributed by atoms with E-state index in [4.69, 9.17) is 14.2 Å². The predicted octanol–water partition coefficient (Wildman–Crippen LogP) is 3.96. The number of halogens is 1. The molecule has 1 amide bonds. The summed E-state index contributed by atoms with van der Waals surface area (Å²) in [5.41, 5.74) is 1.23. The molecule has 0 saturated carbocycles. The van der Waals surface area contributed by atoms with Gasteiger partial charge in [0.25, 0.3) is 5.91 Å². The second-order valence-electron chi connectivity index (χ2n) is 6.50. The molecule has 0 N–H and O–H groups in total. The first-order valence-electron chi connectivity index (χ1n) is 9.19. The van der Waals surface area contributed by atoms with Gasteiger partial charge in [-0.05, 0) is 37.3 Å². The highest BCUT2D eigenvalue weighted by atomic mass is 32.1. The van der Waals surface area contributed by atoms with Crippen LogP contribution in [0.25, 0.3) is 5.69 Å². The third kappa shape index (κ3) is 4.36. The summed E-state index contributed by atoms with van der Waals surface area (Å²) in [5.74, 6) is -0.227. The Morgan fingerprint density at radius 1 is 1.03 bits per heavy atom. The van der Waals surface area contributed by atoms with Crippen molar-refractivity contribution >= 4 is 23.0 Å². The van der Waals surface area contributed by atoms with Crippen molar-refractivity contribution in [3.63, 3.8) is 0 Å². The zero-order valence-electron chi connectivity index (χ0n) is 17.7. The van der Waals surface area contributed by atoms with E-state index in [0.29, 0.717) is 33.5 Å².